The van der Waals surface area contributed by atoms with Gasteiger partial charge in [0.2, 0.25) is 0 Å². The second-order valence-corrected chi connectivity index (χ2v) is 13.0. The maximum absolute atomic E-state index is 2.32. The third-order valence-electron chi connectivity index (χ3n) is 5.47. The molecule has 4 aromatic rings. The second kappa shape index (κ2) is 11.1. The van der Waals surface area contributed by atoms with Crippen molar-refractivity contribution in [1.82, 2.24) is 0 Å². The average Bonchev–Trinajstić information content (AvgIpc) is 2.88. The highest BCUT2D eigenvalue weighted by molar-refractivity contribution is 8.23. The Morgan fingerprint density at radius 2 is 0.969 bits per heavy atom. The number of rotatable bonds is 8. The zero-order valence-corrected chi connectivity index (χ0v) is 21.0. The topological polar surface area (TPSA) is 0 Å². The van der Waals surface area contributed by atoms with Gasteiger partial charge in [0.1, 0.15) is 28.5 Å². The van der Waals surface area contributed by atoms with Crippen LogP contribution < -0.4 is 15.9 Å². The van der Waals surface area contributed by atoms with E-state index in [1.54, 1.807) is 0 Å². The molecule has 0 heterocycles. The lowest BCUT2D eigenvalue weighted by atomic mass is 10.2. The first-order valence-electron chi connectivity index (χ1n) is 10.8. The lowest BCUT2D eigenvalue weighted by molar-refractivity contribution is 1.53. The first-order chi connectivity index (χ1) is 15.8. The molecule has 0 amide bonds. The van der Waals surface area contributed by atoms with Crippen LogP contribution >= 0.6 is 30.8 Å². The van der Waals surface area contributed by atoms with Gasteiger partial charge in [-0.05, 0) is 48.4 Å². The lowest BCUT2D eigenvalue weighted by Gasteiger charge is -2.31. The molecule has 0 aromatic heterocycles. The Kier molecular flexibility index (Phi) is 7.92. The van der Waals surface area contributed by atoms with Crippen LogP contribution in [0.25, 0.3) is 5.31 Å². The minimum atomic E-state index is -2.15. The normalized spacial score (nSPS) is 12.3. The molecule has 0 aliphatic rings. The number of hydrogen-bond acceptors (Lipinski definition) is 2. The summed E-state index contributed by atoms with van der Waals surface area (Å²) in [6.07, 6.45) is 2.22. The highest BCUT2D eigenvalue weighted by Gasteiger charge is 2.51. The van der Waals surface area contributed by atoms with Crippen molar-refractivity contribution in [3.63, 3.8) is 0 Å². The monoisotopic (exact) mass is 471 g/mol. The molecule has 32 heavy (non-hydrogen) atoms. The van der Waals surface area contributed by atoms with E-state index in [2.05, 4.69) is 135 Å². The van der Waals surface area contributed by atoms with Crippen LogP contribution in [-0.2, 0) is 0 Å². The number of thioether (sulfide) groups is 2. The molecule has 0 unspecified atom stereocenters. The molecule has 0 radical (unpaired) electrons. The molecular weight excluding hydrogens is 443 g/mol. The van der Waals surface area contributed by atoms with Gasteiger partial charge in [0, 0.05) is 5.56 Å². The van der Waals surface area contributed by atoms with Crippen molar-refractivity contribution in [2.45, 2.75) is 6.92 Å². The van der Waals surface area contributed by atoms with Crippen molar-refractivity contribution in [3.05, 3.63) is 131 Å². The van der Waals surface area contributed by atoms with E-state index in [0.29, 0.717) is 0 Å². The molecular formula is C29H28PS2+. The van der Waals surface area contributed by atoms with Gasteiger partial charge in [-0.3, -0.25) is 0 Å². The molecule has 0 fully saturated rings. The van der Waals surface area contributed by atoms with Crippen LogP contribution in [0.3, 0.4) is 0 Å². The zero-order chi connectivity index (χ0) is 22.2. The molecule has 0 bridgehead atoms. The summed E-state index contributed by atoms with van der Waals surface area (Å²) in [5.41, 5.74) is 1.31. The van der Waals surface area contributed by atoms with Gasteiger partial charge in [-0.25, -0.2) is 0 Å². The quantitative estimate of drug-likeness (QED) is 0.245. The van der Waals surface area contributed by atoms with E-state index in [4.69, 9.17) is 0 Å². The SMILES string of the molecule is CCS/C(SC)=C(/c1ccccc1)[P+](c1ccccc1)(c1ccccc1)c1ccccc1. The Morgan fingerprint density at radius 3 is 1.31 bits per heavy atom. The summed E-state index contributed by atoms with van der Waals surface area (Å²) in [5.74, 6) is 1.05. The summed E-state index contributed by atoms with van der Waals surface area (Å²) in [5, 5.41) is 5.62. The fraction of sp³-hybridized carbons (Fsp3) is 0.103. The predicted octanol–water partition coefficient (Wildman–Crippen LogP) is 7.42. The van der Waals surface area contributed by atoms with Crippen LogP contribution in [0.1, 0.15) is 12.5 Å². The smallest absolute Gasteiger partial charge is 0.119 e. The molecule has 0 aliphatic heterocycles. The molecule has 160 valence electrons. The van der Waals surface area contributed by atoms with E-state index in [1.807, 2.05) is 23.5 Å². The fourth-order valence-electron chi connectivity index (χ4n) is 4.19. The summed E-state index contributed by atoms with van der Waals surface area (Å²) in [4.78, 5) is 0. The van der Waals surface area contributed by atoms with Crippen LogP contribution in [0.4, 0.5) is 0 Å². The Bertz CT molecular complexity index is 1040. The molecule has 0 spiro atoms. The van der Waals surface area contributed by atoms with Crippen LogP contribution in [0.2, 0.25) is 0 Å². The fourth-order valence-corrected chi connectivity index (χ4v) is 11.5. The van der Waals surface area contributed by atoms with E-state index in [0.717, 1.165) is 5.75 Å². The summed E-state index contributed by atoms with van der Waals surface area (Å²) < 4.78 is 1.41. The van der Waals surface area contributed by atoms with Gasteiger partial charge in [0.05, 0.1) is 4.24 Å². The molecule has 0 atom stereocenters. The van der Waals surface area contributed by atoms with Crippen molar-refractivity contribution in [3.8, 4) is 0 Å². The van der Waals surface area contributed by atoms with Crippen LogP contribution in [0.5, 0.6) is 0 Å². The number of hydrogen-bond donors (Lipinski definition) is 0. The second-order valence-electron chi connectivity index (χ2n) is 7.32. The predicted molar refractivity (Wildman–Crippen MR) is 150 cm³/mol. The molecule has 4 rings (SSSR count). The summed E-state index contributed by atoms with van der Waals surface area (Å²) in [6.45, 7) is 2.25. The Morgan fingerprint density at radius 1 is 0.594 bits per heavy atom. The maximum Gasteiger partial charge on any atom is 0.146 e. The minimum Gasteiger partial charge on any atom is -0.119 e. The highest BCUT2D eigenvalue weighted by atomic mass is 32.2. The van der Waals surface area contributed by atoms with E-state index in [-0.39, 0.29) is 0 Å². The largest absolute Gasteiger partial charge is 0.146 e. The Hall–Kier alpha value is -2.25. The van der Waals surface area contributed by atoms with E-state index in [1.165, 1.54) is 31.0 Å². The number of benzene rings is 4. The van der Waals surface area contributed by atoms with Gasteiger partial charge in [-0.2, -0.15) is 0 Å². The van der Waals surface area contributed by atoms with Crippen molar-refractivity contribution >= 4 is 52.0 Å². The molecule has 4 aromatic carbocycles. The van der Waals surface area contributed by atoms with E-state index < -0.39 is 7.26 Å². The standard InChI is InChI=1S/C29H28PS2/c1-3-32-29(31-2)28(24-16-8-4-9-17-24)30(25-18-10-5-11-19-25,26-20-12-6-13-21-26)27-22-14-7-15-23-27/h4-23H,3H2,1-2H3/q+1/b29-28-. The van der Waals surface area contributed by atoms with Gasteiger partial charge in [0.25, 0.3) is 0 Å². The first-order valence-corrected chi connectivity index (χ1v) is 14.8. The third-order valence-corrected chi connectivity index (χ3v) is 12.3. The van der Waals surface area contributed by atoms with Gasteiger partial charge in [-0.1, -0.05) is 91.9 Å². The molecule has 0 saturated heterocycles. The van der Waals surface area contributed by atoms with Gasteiger partial charge in [0.15, 0.2) is 0 Å². The zero-order valence-electron chi connectivity index (χ0n) is 18.5. The maximum atomic E-state index is 2.32. The van der Waals surface area contributed by atoms with Gasteiger partial charge >= 0.3 is 0 Å². The van der Waals surface area contributed by atoms with E-state index in [9.17, 15) is 0 Å². The van der Waals surface area contributed by atoms with Crippen LogP contribution in [0, 0.1) is 0 Å². The van der Waals surface area contributed by atoms with Crippen molar-refractivity contribution in [2.24, 2.45) is 0 Å². The average molecular weight is 472 g/mol. The van der Waals surface area contributed by atoms with Crippen molar-refractivity contribution in [2.75, 3.05) is 12.0 Å². The summed E-state index contributed by atoms with van der Waals surface area (Å²) in [6, 6.07) is 44.4. The molecule has 0 saturated carbocycles. The van der Waals surface area contributed by atoms with Crippen molar-refractivity contribution in [1.29, 1.82) is 0 Å². The summed E-state index contributed by atoms with van der Waals surface area (Å²) >= 11 is 3.84. The molecule has 3 heteroatoms. The van der Waals surface area contributed by atoms with Crippen LogP contribution in [-0.4, -0.2) is 12.0 Å². The van der Waals surface area contributed by atoms with Gasteiger partial charge < -0.3 is 0 Å². The van der Waals surface area contributed by atoms with Crippen LogP contribution in [0.15, 0.2) is 126 Å². The molecule has 0 aliphatic carbocycles. The minimum absolute atomic E-state index is 1.05. The van der Waals surface area contributed by atoms with Crippen molar-refractivity contribution < 1.29 is 0 Å². The first kappa shape index (κ1) is 22.9. The highest BCUT2D eigenvalue weighted by Crippen LogP contribution is 2.69. The third kappa shape index (κ3) is 4.46. The summed E-state index contributed by atoms with van der Waals surface area (Å²) in [7, 11) is -2.15. The Balaban J connectivity index is 2.22. The molecule has 0 nitrogen and oxygen atoms in total. The Labute approximate surface area is 201 Å². The molecule has 0 N–H and O–H groups in total. The van der Waals surface area contributed by atoms with Gasteiger partial charge in [-0.15, -0.1) is 23.5 Å². The van der Waals surface area contributed by atoms with E-state index >= 15 is 0 Å². The lowest BCUT2D eigenvalue weighted by Crippen LogP contribution is -2.32.